The summed E-state index contributed by atoms with van der Waals surface area (Å²) in [5.74, 6) is -1.34. The molecule has 0 bridgehead atoms. The molecule has 5 heteroatoms. The smallest absolute Gasteiger partial charge is 0.313 e. The van der Waals surface area contributed by atoms with Crippen molar-refractivity contribution in [3.63, 3.8) is 0 Å². The normalized spacial score (nSPS) is 11.9. The predicted octanol–water partition coefficient (Wildman–Crippen LogP) is 2.98. The highest BCUT2D eigenvalue weighted by Gasteiger charge is 2.17. The summed E-state index contributed by atoms with van der Waals surface area (Å²) in [5, 5.41) is 6.35. The van der Waals surface area contributed by atoms with E-state index in [9.17, 15) is 9.59 Å². The molecule has 0 fully saturated rings. The molecular weight excluding hydrogens is 290 g/mol. The van der Waals surface area contributed by atoms with E-state index in [0.717, 1.165) is 16.5 Å². The van der Waals surface area contributed by atoms with Gasteiger partial charge >= 0.3 is 11.8 Å². The van der Waals surface area contributed by atoms with Crippen LogP contribution in [0.15, 0.2) is 60.8 Å². The molecule has 1 atom stereocenters. The third kappa shape index (κ3) is 3.40. The molecular formula is C18H17N3O2. The van der Waals surface area contributed by atoms with Crippen LogP contribution in [-0.2, 0) is 9.59 Å². The number of hydrogen-bond donors (Lipinski definition) is 3. The van der Waals surface area contributed by atoms with Crippen LogP contribution in [0.3, 0.4) is 0 Å². The molecule has 1 aromatic heterocycles. The van der Waals surface area contributed by atoms with Crippen LogP contribution in [0.25, 0.3) is 10.9 Å². The second-order valence-corrected chi connectivity index (χ2v) is 5.34. The van der Waals surface area contributed by atoms with Crippen LogP contribution < -0.4 is 10.6 Å². The van der Waals surface area contributed by atoms with E-state index in [1.54, 1.807) is 12.1 Å². The van der Waals surface area contributed by atoms with Crippen molar-refractivity contribution >= 4 is 28.4 Å². The summed E-state index contributed by atoms with van der Waals surface area (Å²) < 4.78 is 0. The number of aromatic nitrogens is 1. The lowest BCUT2D eigenvalue weighted by molar-refractivity contribution is -0.136. The summed E-state index contributed by atoms with van der Waals surface area (Å²) in [6.45, 7) is 1.84. The van der Waals surface area contributed by atoms with Gasteiger partial charge in [-0.3, -0.25) is 9.59 Å². The standard InChI is InChI=1S/C18H17N3O2/c1-12(13-5-3-2-4-6-13)20-17(22)18(23)21-15-8-7-14-9-10-19-16(14)11-15/h2-12,19H,1H3,(H,20,22)(H,21,23)/t12-/m1/s1. The fourth-order valence-corrected chi connectivity index (χ4v) is 2.40. The number of rotatable bonds is 3. The number of nitrogens with one attached hydrogen (secondary N) is 3. The Labute approximate surface area is 133 Å². The highest BCUT2D eigenvalue weighted by atomic mass is 16.2. The van der Waals surface area contributed by atoms with Crippen LogP contribution in [-0.4, -0.2) is 16.8 Å². The first-order valence-electron chi connectivity index (χ1n) is 7.37. The van der Waals surface area contributed by atoms with E-state index >= 15 is 0 Å². The summed E-state index contributed by atoms with van der Waals surface area (Å²) in [5.41, 5.74) is 2.43. The number of fused-ring (bicyclic) bond motifs is 1. The van der Waals surface area contributed by atoms with Gasteiger partial charge in [-0.15, -0.1) is 0 Å². The average molecular weight is 307 g/mol. The summed E-state index contributed by atoms with van der Waals surface area (Å²) in [6.07, 6.45) is 1.82. The van der Waals surface area contributed by atoms with Crippen LogP contribution in [0.5, 0.6) is 0 Å². The van der Waals surface area contributed by atoms with Crippen molar-refractivity contribution < 1.29 is 9.59 Å². The average Bonchev–Trinajstić information content (AvgIpc) is 3.03. The summed E-state index contributed by atoms with van der Waals surface area (Å²) in [4.78, 5) is 27.1. The number of benzene rings is 2. The summed E-state index contributed by atoms with van der Waals surface area (Å²) >= 11 is 0. The molecule has 0 radical (unpaired) electrons. The van der Waals surface area contributed by atoms with Gasteiger partial charge in [0.15, 0.2) is 0 Å². The largest absolute Gasteiger partial charge is 0.361 e. The fourth-order valence-electron chi connectivity index (χ4n) is 2.40. The number of anilines is 1. The maximum atomic E-state index is 12.0. The molecule has 1 heterocycles. The zero-order valence-electron chi connectivity index (χ0n) is 12.7. The third-order valence-corrected chi connectivity index (χ3v) is 3.67. The molecule has 0 saturated heterocycles. The Kier molecular flexibility index (Phi) is 4.10. The molecule has 3 aromatic rings. The van der Waals surface area contributed by atoms with Crippen molar-refractivity contribution in [2.24, 2.45) is 0 Å². The van der Waals surface area contributed by atoms with Gasteiger partial charge in [-0.2, -0.15) is 0 Å². The second-order valence-electron chi connectivity index (χ2n) is 5.34. The molecule has 0 aliphatic heterocycles. The lowest BCUT2D eigenvalue weighted by Gasteiger charge is -2.14. The van der Waals surface area contributed by atoms with Crippen LogP contribution in [0.4, 0.5) is 5.69 Å². The second kappa shape index (κ2) is 6.36. The van der Waals surface area contributed by atoms with Crippen molar-refractivity contribution in [2.75, 3.05) is 5.32 Å². The number of carbonyl (C=O) groups is 2. The topological polar surface area (TPSA) is 74.0 Å². The molecule has 0 saturated carbocycles. The number of hydrogen-bond acceptors (Lipinski definition) is 2. The van der Waals surface area contributed by atoms with Gasteiger partial charge in [0, 0.05) is 17.4 Å². The zero-order chi connectivity index (χ0) is 16.2. The van der Waals surface area contributed by atoms with E-state index in [4.69, 9.17) is 0 Å². The number of H-pyrrole nitrogens is 1. The number of carbonyl (C=O) groups excluding carboxylic acids is 2. The molecule has 23 heavy (non-hydrogen) atoms. The van der Waals surface area contributed by atoms with Crippen LogP contribution in [0.2, 0.25) is 0 Å². The van der Waals surface area contributed by atoms with Gasteiger partial charge in [-0.05, 0) is 36.1 Å². The maximum Gasteiger partial charge on any atom is 0.313 e. The molecule has 2 amide bonds. The van der Waals surface area contributed by atoms with Gasteiger partial charge in [-0.1, -0.05) is 36.4 Å². The SMILES string of the molecule is C[C@@H](NC(=O)C(=O)Nc1ccc2cc[nH]c2c1)c1ccccc1. The van der Waals surface area contributed by atoms with Crippen molar-refractivity contribution in [3.8, 4) is 0 Å². The van der Waals surface area contributed by atoms with Crippen LogP contribution >= 0.6 is 0 Å². The minimum atomic E-state index is -0.682. The maximum absolute atomic E-state index is 12.0. The molecule has 3 N–H and O–H groups in total. The van der Waals surface area contributed by atoms with Crippen LogP contribution in [0, 0.1) is 0 Å². The van der Waals surface area contributed by atoms with Crippen molar-refractivity contribution in [2.45, 2.75) is 13.0 Å². The predicted molar refractivity (Wildman–Crippen MR) is 89.9 cm³/mol. The van der Waals surface area contributed by atoms with Gasteiger partial charge in [-0.25, -0.2) is 0 Å². The van der Waals surface area contributed by atoms with E-state index in [-0.39, 0.29) is 6.04 Å². The quantitative estimate of drug-likeness (QED) is 0.651. The van der Waals surface area contributed by atoms with E-state index < -0.39 is 11.8 Å². The first kappa shape index (κ1) is 14.8. The van der Waals surface area contributed by atoms with Gasteiger partial charge in [0.1, 0.15) is 0 Å². The molecule has 0 aliphatic carbocycles. The Bertz CT molecular complexity index is 840. The Balaban J connectivity index is 1.64. The van der Waals surface area contributed by atoms with Gasteiger partial charge < -0.3 is 15.6 Å². The van der Waals surface area contributed by atoms with Gasteiger partial charge in [0.05, 0.1) is 6.04 Å². The first-order valence-corrected chi connectivity index (χ1v) is 7.37. The highest BCUT2D eigenvalue weighted by molar-refractivity contribution is 6.39. The molecule has 2 aromatic carbocycles. The lowest BCUT2D eigenvalue weighted by atomic mass is 10.1. The highest BCUT2D eigenvalue weighted by Crippen LogP contribution is 2.17. The van der Waals surface area contributed by atoms with Crippen molar-refractivity contribution in [1.29, 1.82) is 0 Å². The number of amides is 2. The van der Waals surface area contributed by atoms with Crippen molar-refractivity contribution in [3.05, 3.63) is 66.4 Å². The summed E-state index contributed by atoms with van der Waals surface area (Å²) in [6, 6.07) is 16.6. The van der Waals surface area contributed by atoms with E-state index in [2.05, 4.69) is 15.6 Å². The van der Waals surface area contributed by atoms with Gasteiger partial charge in [0.2, 0.25) is 0 Å². The van der Waals surface area contributed by atoms with E-state index in [1.807, 2.05) is 55.6 Å². The Morgan fingerprint density at radius 3 is 2.57 bits per heavy atom. The van der Waals surface area contributed by atoms with E-state index in [0.29, 0.717) is 5.69 Å². The van der Waals surface area contributed by atoms with E-state index in [1.165, 1.54) is 0 Å². The molecule has 0 aliphatic rings. The van der Waals surface area contributed by atoms with Crippen molar-refractivity contribution in [1.82, 2.24) is 10.3 Å². The molecule has 116 valence electrons. The monoisotopic (exact) mass is 307 g/mol. The number of aromatic amines is 1. The first-order chi connectivity index (χ1) is 11.1. The lowest BCUT2D eigenvalue weighted by Crippen LogP contribution is -2.36. The Morgan fingerprint density at radius 2 is 1.78 bits per heavy atom. The third-order valence-electron chi connectivity index (χ3n) is 3.67. The fraction of sp³-hybridized carbons (Fsp3) is 0.111. The minimum absolute atomic E-state index is 0.236. The Hall–Kier alpha value is -3.08. The molecule has 0 unspecified atom stereocenters. The molecule has 5 nitrogen and oxygen atoms in total. The molecule has 0 spiro atoms. The Morgan fingerprint density at radius 1 is 1.00 bits per heavy atom. The van der Waals surface area contributed by atoms with Crippen LogP contribution in [0.1, 0.15) is 18.5 Å². The summed E-state index contributed by atoms with van der Waals surface area (Å²) in [7, 11) is 0. The van der Waals surface area contributed by atoms with Gasteiger partial charge in [0.25, 0.3) is 0 Å². The molecule has 3 rings (SSSR count). The minimum Gasteiger partial charge on any atom is -0.361 e. The zero-order valence-corrected chi connectivity index (χ0v) is 12.7.